The maximum absolute atomic E-state index is 6.11. The molecule has 0 saturated carbocycles. The molecular weight excluding hydrogens is 843 g/mol. The fourth-order valence-electron chi connectivity index (χ4n) is 9.69. The van der Waals surface area contributed by atoms with Crippen LogP contribution in [0.5, 0.6) is 0 Å². The van der Waals surface area contributed by atoms with Crippen LogP contribution < -0.4 is 24.8 Å². The molecule has 1 nitrogen and oxygen atoms in total. The average Bonchev–Trinajstić information content (AvgIpc) is 3.69. The molecule has 4 aromatic rings. The predicted octanol–water partition coefficient (Wildman–Crippen LogP) is 9.49. The van der Waals surface area contributed by atoms with Crippen molar-refractivity contribution in [2.45, 2.75) is 149 Å². The number of fused-ring (bicyclic) bond motifs is 2. The summed E-state index contributed by atoms with van der Waals surface area (Å²) in [5.41, 5.74) is 18.6. The summed E-state index contributed by atoms with van der Waals surface area (Å²) in [6.07, 6.45) is 10.1. The zero-order chi connectivity index (χ0) is 39.9. The van der Waals surface area contributed by atoms with Crippen LogP contribution in [0.25, 0.3) is 34.4 Å². The number of ether oxygens (including phenoxy) is 1. The van der Waals surface area contributed by atoms with Crippen molar-refractivity contribution in [1.82, 2.24) is 0 Å². The van der Waals surface area contributed by atoms with Gasteiger partial charge in [-0.05, 0) is 106 Å². The Morgan fingerprint density at radius 3 is 1.48 bits per heavy atom. The molecule has 310 valence electrons. The van der Waals surface area contributed by atoms with Gasteiger partial charge < -0.3 is 29.6 Å². The van der Waals surface area contributed by atoms with E-state index in [9.17, 15) is 0 Å². The minimum atomic E-state index is -2.16. The second-order valence-electron chi connectivity index (χ2n) is 20.5. The molecule has 0 spiro atoms. The van der Waals surface area contributed by atoms with Crippen molar-refractivity contribution >= 4 is 20.2 Å². The Morgan fingerprint density at radius 1 is 0.586 bits per heavy atom. The first kappa shape index (κ1) is 50.4. The molecule has 0 aromatic heterocycles. The summed E-state index contributed by atoms with van der Waals surface area (Å²) in [4.78, 5) is 0. The summed E-state index contributed by atoms with van der Waals surface area (Å²) >= 11 is 0. The van der Waals surface area contributed by atoms with E-state index < -0.39 is 8.07 Å². The third-order valence-electron chi connectivity index (χ3n) is 12.6. The van der Waals surface area contributed by atoms with Crippen molar-refractivity contribution in [2.24, 2.45) is 5.92 Å². The van der Waals surface area contributed by atoms with Crippen molar-refractivity contribution in [2.75, 3.05) is 6.61 Å². The molecule has 0 aliphatic heterocycles. The SMILES string of the molecule is CC1=Cc2c(-c3ccc(C(C)(C)C)cc3)cccc2C1[Si](C)(CCCCCCOC(C)(C)C)C1C(C(C)C)=Cc2c(-c3ccc(C(C)(C)C)cc3)cccc21.[Cl-].[Cl-].[Zr+2]. The van der Waals surface area contributed by atoms with E-state index in [4.69, 9.17) is 4.74 Å². The average molecular weight is 913 g/mol. The number of hydrogen-bond donors (Lipinski definition) is 0. The molecule has 0 saturated heterocycles. The normalized spacial score (nSPS) is 17.3. The van der Waals surface area contributed by atoms with Crippen LogP contribution in [0.1, 0.15) is 153 Å². The smallest absolute Gasteiger partial charge is 1.00 e. The van der Waals surface area contributed by atoms with Crippen LogP contribution in [0.4, 0.5) is 0 Å². The second-order valence-corrected chi connectivity index (χ2v) is 25.1. The molecule has 0 N–H and O–H groups in total. The molecule has 6 rings (SSSR count). The van der Waals surface area contributed by atoms with E-state index in [2.05, 4.69) is 187 Å². The van der Waals surface area contributed by atoms with Gasteiger partial charge in [0.15, 0.2) is 0 Å². The van der Waals surface area contributed by atoms with Crippen molar-refractivity contribution in [3.05, 3.63) is 129 Å². The summed E-state index contributed by atoms with van der Waals surface area (Å²) in [6, 6.07) is 34.5. The van der Waals surface area contributed by atoms with Gasteiger partial charge in [-0.25, -0.2) is 0 Å². The van der Waals surface area contributed by atoms with Gasteiger partial charge in [-0.2, -0.15) is 0 Å². The molecule has 5 heteroatoms. The van der Waals surface area contributed by atoms with Crippen LogP contribution >= 0.6 is 0 Å². The van der Waals surface area contributed by atoms with E-state index in [0.29, 0.717) is 17.0 Å². The first-order valence-corrected chi connectivity index (χ1v) is 24.2. The van der Waals surface area contributed by atoms with Crippen LogP contribution in [0.15, 0.2) is 96.1 Å². The molecule has 0 heterocycles. The van der Waals surface area contributed by atoms with Gasteiger partial charge >= 0.3 is 26.2 Å². The molecule has 0 radical (unpaired) electrons. The molecule has 4 aromatic carbocycles. The van der Waals surface area contributed by atoms with Gasteiger partial charge in [0.05, 0.1) is 13.7 Å². The topological polar surface area (TPSA) is 9.23 Å². The molecule has 2 aliphatic carbocycles. The monoisotopic (exact) mass is 910 g/mol. The Kier molecular flexibility index (Phi) is 17.2. The van der Waals surface area contributed by atoms with Gasteiger partial charge in [0.2, 0.25) is 0 Å². The van der Waals surface area contributed by atoms with Crippen LogP contribution in [0.2, 0.25) is 12.6 Å². The summed E-state index contributed by atoms with van der Waals surface area (Å²) < 4.78 is 6.11. The van der Waals surface area contributed by atoms with Crippen molar-refractivity contribution in [3.8, 4) is 22.3 Å². The Morgan fingerprint density at radius 2 is 1.03 bits per heavy atom. The quantitative estimate of drug-likeness (QED) is 0.102. The molecule has 3 atom stereocenters. The van der Waals surface area contributed by atoms with E-state index in [1.54, 1.807) is 22.3 Å². The van der Waals surface area contributed by atoms with Gasteiger partial charge in [0.1, 0.15) is 0 Å². The zero-order valence-corrected chi connectivity index (χ0v) is 42.8. The maximum Gasteiger partial charge on any atom is 2.00 e. The number of rotatable bonds is 12. The van der Waals surface area contributed by atoms with Gasteiger partial charge in [-0.1, -0.05) is 195 Å². The number of hydrogen-bond acceptors (Lipinski definition) is 1. The molecule has 0 bridgehead atoms. The van der Waals surface area contributed by atoms with Crippen LogP contribution in [0.3, 0.4) is 0 Å². The van der Waals surface area contributed by atoms with Crippen molar-refractivity contribution in [1.29, 1.82) is 0 Å². The summed E-state index contributed by atoms with van der Waals surface area (Å²) in [6.45, 7) is 31.3. The Labute approximate surface area is 386 Å². The largest absolute Gasteiger partial charge is 2.00 e. The van der Waals surface area contributed by atoms with Crippen molar-refractivity contribution < 1.29 is 55.8 Å². The minimum absolute atomic E-state index is 0. The van der Waals surface area contributed by atoms with Gasteiger partial charge in [0, 0.05) is 17.7 Å². The number of halogens is 2. The minimum Gasteiger partial charge on any atom is -1.00 e. The molecular formula is C53H70Cl2OSiZr. The Bertz CT molecular complexity index is 2040. The van der Waals surface area contributed by atoms with Crippen LogP contribution in [-0.4, -0.2) is 20.3 Å². The first-order chi connectivity index (χ1) is 25.8. The van der Waals surface area contributed by atoms with E-state index in [-0.39, 0.29) is 67.4 Å². The zero-order valence-electron chi connectivity index (χ0n) is 37.9. The van der Waals surface area contributed by atoms with Gasteiger partial charge in [-0.3, -0.25) is 0 Å². The Hall–Kier alpha value is -2.00. The summed E-state index contributed by atoms with van der Waals surface area (Å²) in [5.74, 6) is 0.479. The summed E-state index contributed by atoms with van der Waals surface area (Å²) in [5, 5.41) is 0. The fourth-order valence-corrected chi connectivity index (χ4v) is 15.8. The van der Waals surface area contributed by atoms with E-state index in [1.807, 2.05) is 0 Å². The van der Waals surface area contributed by atoms with E-state index in [0.717, 1.165) is 13.0 Å². The van der Waals surface area contributed by atoms with Gasteiger partial charge in [-0.15, -0.1) is 0 Å². The number of unbranched alkanes of at least 4 members (excludes halogenated alkanes) is 3. The molecule has 2 aliphatic rings. The number of allylic oxidation sites excluding steroid dienone is 2. The third-order valence-corrected chi connectivity index (χ3v) is 18.1. The molecule has 58 heavy (non-hydrogen) atoms. The first-order valence-electron chi connectivity index (χ1n) is 21.3. The summed E-state index contributed by atoms with van der Waals surface area (Å²) in [7, 11) is -2.16. The predicted molar refractivity (Wildman–Crippen MR) is 244 cm³/mol. The maximum atomic E-state index is 6.11. The second kappa shape index (κ2) is 19.8. The third kappa shape index (κ3) is 10.9. The molecule has 0 fully saturated rings. The fraction of sp³-hybridized carbons (Fsp3) is 0.472. The van der Waals surface area contributed by atoms with E-state index >= 15 is 0 Å². The van der Waals surface area contributed by atoms with Crippen LogP contribution in [0, 0.1) is 5.92 Å². The van der Waals surface area contributed by atoms with Crippen LogP contribution in [-0.2, 0) is 41.8 Å². The molecule has 3 unspecified atom stereocenters. The van der Waals surface area contributed by atoms with Gasteiger partial charge in [0.25, 0.3) is 0 Å². The van der Waals surface area contributed by atoms with E-state index in [1.165, 1.54) is 69.8 Å². The van der Waals surface area contributed by atoms with Crippen molar-refractivity contribution in [3.63, 3.8) is 0 Å². The Balaban J connectivity index is 0.00000300. The number of benzene rings is 4. The standard InChI is InChI=1S/C53H70OSi.2ClH.Zr/c1-36(2)46-35-48-43(39-26-30-41(31-27-39)52(7,8)9)21-19-23-45(48)50(46)55(13,33-17-15-14-16-32-54-53(10,11)12)49-37(3)34-47-42(20-18-22-44(47)49)38-24-28-40(29-25-38)51(4,5)6;;;/h18-31,34-36,49-50H,14-17,32-33H2,1-13H3;2*1H;/q;;;+2/p-2. The molecule has 0 amide bonds.